The number of nitrogens with zero attached hydrogens (tertiary/aromatic N) is 1. The number of anilines is 1. The predicted molar refractivity (Wildman–Crippen MR) is 93.2 cm³/mol. The molecular formula is C18H22N2O2S. The van der Waals surface area contributed by atoms with Crippen LogP contribution in [0.1, 0.15) is 35.8 Å². The van der Waals surface area contributed by atoms with E-state index in [9.17, 15) is 9.90 Å². The topological polar surface area (TPSA) is 66.6 Å². The third-order valence-electron chi connectivity index (χ3n) is 4.40. The highest BCUT2D eigenvalue weighted by Crippen LogP contribution is 2.29. The molecule has 23 heavy (non-hydrogen) atoms. The molecule has 2 heterocycles. The van der Waals surface area contributed by atoms with Gasteiger partial charge in [0.25, 0.3) is 0 Å². The van der Waals surface area contributed by atoms with Crippen molar-refractivity contribution in [3.05, 3.63) is 52.2 Å². The monoisotopic (exact) mass is 330 g/mol. The Labute approximate surface area is 140 Å². The van der Waals surface area contributed by atoms with Gasteiger partial charge in [-0.3, -0.25) is 4.79 Å². The van der Waals surface area contributed by atoms with Crippen molar-refractivity contribution in [2.75, 3.05) is 12.3 Å². The highest BCUT2D eigenvalue weighted by Gasteiger charge is 2.30. The van der Waals surface area contributed by atoms with Crippen LogP contribution in [0, 0.1) is 0 Å². The molecule has 0 aliphatic carbocycles. The van der Waals surface area contributed by atoms with Gasteiger partial charge in [0.15, 0.2) is 0 Å². The van der Waals surface area contributed by atoms with Crippen LogP contribution in [0.4, 0.5) is 5.69 Å². The molecule has 0 spiro atoms. The molecule has 0 saturated carbocycles. The van der Waals surface area contributed by atoms with E-state index < -0.39 is 6.10 Å². The van der Waals surface area contributed by atoms with Crippen LogP contribution >= 0.6 is 11.3 Å². The average Bonchev–Trinajstić information content (AvgIpc) is 3.20. The molecule has 1 fully saturated rings. The van der Waals surface area contributed by atoms with E-state index >= 15 is 0 Å². The molecule has 1 saturated heterocycles. The molecule has 3 N–H and O–H groups in total. The van der Waals surface area contributed by atoms with Gasteiger partial charge in [-0.2, -0.15) is 0 Å². The molecule has 2 aromatic rings. The van der Waals surface area contributed by atoms with Gasteiger partial charge < -0.3 is 15.7 Å². The second-order valence-electron chi connectivity index (χ2n) is 6.07. The lowest BCUT2D eigenvalue weighted by Crippen LogP contribution is -2.37. The number of benzene rings is 1. The number of nitrogen functional groups attached to an aromatic ring is 1. The molecule has 1 aromatic carbocycles. The highest BCUT2D eigenvalue weighted by atomic mass is 32.1. The highest BCUT2D eigenvalue weighted by molar-refractivity contribution is 7.10. The Morgan fingerprint density at radius 2 is 2.13 bits per heavy atom. The van der Waals surface area contributed by atoms with E-state index in [0.717, 1.165) is 29.8 Å². The van der Waals surface area contributed by atoms with Crippen LogP contribution in [0.3, 0.4) is 0 Å². The maximum atomic E-state index is 12.6. The summed E-state index contributed by atoms with van der Waals surface area (Å²) >= 11 is 1.56. The molecule has 0 bridgehead atoms. The summed E-state index contributed by atoms with van der Waals surface area (Å²) in [7, 11) is 0. The van der Waals surface area contributed by atoms with Crippen LogP contribution in [0.5, 0.6) is 0 Å². The fourth-order valence-electron chi connectivity index (χ4n) is 3.18. The summed E-state index contributed by atoms with van der Waals surface area (Å²) in [6.07, 6.45) is 2.51. The smallest absolute Gasteiger partial charge is 0.227 e. The van der Waals surface area contributed by atoms with E-state index in [1.807, 2.05) is 46.7 Å². The summed E-state index contributed by atoms with van der Waals surface area (Å²) in [4.78, 5) is 15.5. The van der Waals surface area contributed by atoms with Crippen molar-refractivity contribution in [3.63, 3.8) is 0 Å². The molecular weight excluding hydrogens is 308 g/mol. The number of hydrogen-bond donors (Lipinski definition) is 2. The molecule has 122 valence electrons. The van der Waals surface area contributed by atoms with Crippen LogP contribution in [0.2, 0.25) is 0 Å². The first-order chi connectivity index (χ1) is 11.1. The zero-order valence-electron chi connectivity index (χ0n) is 13.0. The lowest BCUT2D eigenvalue weighted by atomic mass is 10.0. The van der Waals surface area contributed by atoms with Crippen molar-refractivity contribution in [1.82, 2.24) is 4.90 Å². The third kappa shape index (κ3) is 3.92. The van der Waals surface area contributed by atoms with Crippen molar-refractivity contribution in [1.29, 1.82) is 0 Å². The second-order valence-corrected chi connectivity index (χ2v) is 7.05. The first-order valence-corrected chi connectivity index (χ1v) is 8.87. The molecule has 2 unspecified atom stereocenters. The molecule has 1 aliphatic rings. The van der Waals surface area contributed by atoms with E-state index in [4.69, 9.17) is 5.73 Å². The summed E-state index contributed by atoms with van der Waals surface area (Å²) in [6.45, 7) is 0.787. The Kier molecular flexibility index (Phi) is 4.98. The quantitative estimate of drug-likeness (QED) is 0.828. The lowest BCUT2D eigenvalue weighted by Gasteiger charge is -2.26. The SMILES string of the molecule is Nc1ccc(CC(=O)N2CCCC2CC(O)c2cccs2)cc1. The summed E-state index contributed by atoms with van der Waals surface area (Å²) in [5.41, 5.74) is 7.37. The maximum Gasteiger partial charge on any atom is 0.227 e. The van der Waals surface area contributed by atoms with Gasteiger partial charge >= 0.3 is 0 Å². The lowest BCUT2D eigenvalue weighted by molar-refractivity contribution is -0.131. The minimum absolute atomic E-state index is 0.133. The Balaban J connectivity index is 1.61. The minimum Gasteiger partial charge on any atom is -0.399 e. The third-order valence-corrected chi connectivity index (χ3v) is 5.37. The van der Waals surface area contributed by atoms with E-state index in [1.165, 1.54) is 0 Å². The van der Waals surface area contributed by atoms with Gasteiger partial charge in [-0.05, 0) is 48.4 Å². The Hall–Kier alpha value is -1.85. The van der Waals surface area contributed by atoms with Gasteiger partial charge in [-0.15, -0.1) is 11.3 Å². The van der Waals surface area contributed by atoms with Crippen LogP contribution in [0.25, 0.3) is 0 Å². The molecule has 0 radical (unpaired) electrons. The predicted octanol–water partition coefficient (Wildman–Crippen LogP) is 2.99. The van der Waals surface area contributed by atoms with Crippen molar-refractivity contribution >= 4 is 22.9 Å². The molecule has 3 rings (SSSR count). The number of rotatable bonds is 5. The van der Waals surface area contributed by atoms with Gasteiger partial charge in [0.05, 0.1) is 12.5 Å². The Morgan fingerprint density at radius 3 is 2.83 bits per heavy atom. The molecule has 1 aliphatic heterocycles. The summed E-state index contributed by atoms with van der Waals surface area (Å²) in [5, 5.41) is 12.3. The zero-order valence-corrected chi connectivity index (χ0v) is 13.8. The van der Waals surface area contributed by atoms with Crippen LogP contribution < -0.4 is 5.73 Å². The van der Waals surface area contributed by atoms with E-state index in [-0.39, 0.29) is 11.9 Å². The van der Waals surface area contributed by atoms with Crippen LogP contribution in [-0.2, 0) is 11.2 Å². The van der Waals surface area contributed by atoms with Gasteiger partial charge in [0.2, 0.25) is 5.91 Å². The molecule has 5 heteroatoms. The van der Waals surface area contributed by atoms with Gasteiger partial charge in [0.1, 0.15) is 0 Å². The van der Waals surface area contributed by atoms with E-state index in [2.05, 4.69) is 0 Å². The van der Waals surface area contributed by atoms with E-state index in [0.29, 0.717) is 18.5 Å². The Bertz CT molecular complexity index is 640. The first kappa shape index (κ1) is 16.0. The maximum absolute atomic E-state index is 12.6. The summed E-state index contributed by atoms with van der Waals surface area (Å²) in [5.74, 6) is 0.135. The van der Waals surface area contributed by atoms with Crippen molar-refractivity contribution in [2.24, 2.45) is 0 Å². The Morgan fingerprint density at radius 1 is 1.35 bits per heavy atom. The van der Waals surface area contributed by atoms with Crippen molar-refractivity contribution < 1.29 is 9.90 Å². The molecule has 1 aromatic heterocycles. The number of aliphatic hydroxyl groups excluding tert-OH is 1. The number of aliphatic hydroxyl groups is 1. The molecule has 2 atom stereocenters. The minimum atomic E-state index is -0.482. The second kappa shape index (κ2) is 7.15. The van der Waals surface area contributed by atoms with Crippen molar-refractivity contribution in [3.8, 4) is 0 Å². The number of hydrogen-bond acceptors (Lipinski definition) is 4. The number of carbonyl (C=O) groups excluding carboxylic acids is 1. The van der Waals surface area contributed by atoms with Crippen LogP contribution in [-0.4, -0.2) is 28.5 Å². The van der Waals surface area contributed by atoms with Crippen molar-refractivity contribution in [2.45, 2.75) is 37.8 Å². The molecule has 4 nitrogen and oxygen atoms in total. The standard InChI is InChI=1S/C18H22N2O2S/c19-14-7-5-13(6-8-14)11-18(22)20-9-1-3-15(20)12-16(21)17-4-2-10-23-17/h2,4-8,10,15-16,21H,1,3,9,11-12,19H2. The van der Waals surface area contributed by atoms with E-state index in [1.54, 1.807) is 11.3 Å². The fourth-order valence-corrected chi connectivity index (χ4v) is 3.90. The van der Waals surface area contributed by atoms with Gasteiger partial charge in [-0.25, -0.2) is 0 Å². The van der Waals surface area contributed by atoms with Gasteiger partial charge in [-0.1, -0.05) is 18.2 Å². The van der Waals surface area contributed by atoms with Gasteiger partial charge in [0, 0.05) is 23.2 Å². The first-order valence-electron chi connectivity index (χ1n) is 7.99. The fraction of sp³-hybridized carbons (Fsp3) is 0.389. The normalized spacial score (nSPS) is 19.0. The zero-order chi connectivity index (χ0) is 16.2. The number of carbonyl (C=O) groups is 1. The number of amides is 1. The number of thiophene rings is 1. The molecule has 1 amide bonds. The average molecular weight is 330 g/mol. The largest absolute Gasteiger partial charge is 0.399 e. The summed E-state index contributed by atoms with van der Waals surface area (Å²) < 4.78 is 0. The number of nitrogens with two attached hydrogens (primary N) is 1. The summed E-state index contributed by atoms with van der Waals surface area (Å²) in [6, 6.07) is 11.5. The van der Waals surface area contributed by atoms with Crippen LogP contribution in [0.15, 0.2) is 41.8 Å². The number of likely N-dealkylation sites (tertiary alicyclic amines) is 1.